The summed E-state index contributed by atoms with van der Waals surface area (Å²) in [4.78, 5) is 0. The Hall–Kier alpha value is -0.920. The van der Waals surface area contributed by atoms with Crippen LogP contribution in [0.1, 0.15) is 17.2 Å². The standard InChI is InChI=1S/C10H9ClF5NO/c11-7-3-5(8(17)9(12,13)4-18)1-2-6(7)10(14,15)16/h1-3,8,18H,4,17H2/t8-/m1/s1. The summed E-state index contributed by atoms with van der Waals surface area (Å²) in [6.07, 6.45) is -4.67. The molecule has 0 aliphatic rings. The van der Waals surface area contributed by atoms with Crippen LogP contribution in [0.2, 0.25) is 5.02 Å². The van der Waals surface area contributed by atoms with Crippen LogP contribution in [-0.4, -0.2) is 17.6 Å². The zero-order valence-corrected chi connectivity index (χ0v) is 9.56. The van der Waals surface area contributed by atoms with Crippen LogP contribution >= 0.6 is 11.6 Å². The fourth-order valence-electron chi connectivity index (χ4n) is 1.30. The smallest absolute Gasteiger partial charge is 0.390 e. The van der Waals surface area contributed by atoms with E-state index in [0.717, 1.165) is 12.1 Å². The average Bonchev–Trinajstić information content (AvgIpc) is 2.26. The van der Waals surface area contributed by atoms with E-state index in [1.165, 1.54) is 0 Å². The molecular weight excluding hydrogens is 281 g/mol. The summed E-state index contributed by atoms with van der Waals surface area (Å²) in [5, 5.41) is 7.72. The van der Waals surface area contributed by atoms with Crippen molar-refractivity contribution >= 4 is 11.6 Å². The number of hydrogen-bond acceptors (Lipinski definition) is 2. The number of aliphatic hydroxyl groups is 1. The minimum Gasteiger partial charge on any atom is -0.390 e. The monoisotopic (exact) mass is 289 g/mol. The van der Waals surface area contributed by atoms with Crippen molar-refractivity contribution in [2.24, 2.45) is 5.73 Å². The van der Waals surface area contributed by atoms with Crippen molar-refractivity contribution in [3.05, 3.63) is 34.3 Å². The van der Waals surface area contributed by atoms with Gasteiger partial charge in [0.1, 0.15) is 6.61 Å². The molecule has 18 heavy (non-hydrogen) atoms. The molecule has 0 aliphatic heterocycles. The quantitative estimate of drug-likeness (QED) is 0.840. The lowest BCUT2D eigenvalue weighted by molar-refractivity contribution is -0.137. The topological polar surface area (TPSA) is 46.2 Å². The fraction of sp³-hybridized carbons (Fsp3) is 0.400. The first-order valence-corrected chi connectivity index (χ1v) is 5.08. The van der Waals surface area contributed by atoms with Crippen molar-refractivity contribution < 1.29 is 27.1 Å². The lowest BCUT2D eigenvalue weighted by Crippen LogP contribution is -2.36. The molecule has 8 heteroatoms. The van der Waals surface area contributed by atoms with E-state index in [9.17, 15) is 22.0 Å². The molecule has 0 radical (unpaired) electrons. The van der Waals surface area contributed by atoms with E-state index >= 15 is 0 Å². The molecule has 1 rings (SSSR count). The number of nitrogens with two attached hydrogens (primary N) is 1. The normalized spacial score (nSPS) is 14.7. The van der Waals surface area contributed by atoms with Gasteiger partial charge in [-0.25, -0.2) is 8.78 Å². The Morgan fingerprint density at radius 1 is 1.22 bits per heavy atom. The van der Waals surface area contributed by atoms with E-state index in [1.54, 1.807) is 0 Å². The molecule has 1 aromatic rings. The number of rotatable bonds is 3. The van der Waals surface area contributed by atoms with Crippen molar-refractivity contribution in [1.29, 1.82) is 0 Å². The molecule has 0 heterocycles. The Morgan fingerprint density at radius 2 is 1.78 bits per heavy atom. The fourth-order valence-corrected chi connectivity index (χ4v) is 1.59. The number of alkyl halides is 5. The van der Waals surface area contributed by atoms with Gasteiger partial charge in [0.05, 0.1) is 16.6 Å². The lowest BCUT2D eigenvalue weighted by atomic mass is 10.0. The maximum absolute atomic E-state index is 13.1. The molecule has 3 N–H and O–H groups in total. The third kappa shape index (κ3) is 3.09. The second kappa shape index (κ2) is 4.99. The van der Waals surface area contributed by atoms with E-state index in [1.807, 2.05) is 0 Å². The number of aliphatic hydroxyl groups excluding tert-OH is 1. The minimum atomic E-state index is -4.67. The first-order chi connectivity index (χ1) is 8.09. The summed E-state index contributed by atoms with van der Waals surface area (Å²) in [6.45, 7) is -1.51. The van der Waals surface area contributed by atoms with E-state index < -0.39 is 35.3 Å². The van der Waals surface area contributed by atoms with E-state index in [0.29, 0.717) is 6.07 Å². The summed E-state index contributed by atoms with van der Waals surface area (Å²) in [7, 11) is 0. The molecule has 0 saturated heterocycles. The summed E-state index contributed by atoms with van der Waals surface area (Å²) in [6, 6.07) is 0.175. The predicted octanol–water partition coefficient (Wildman–Crippen LogP) is 2.99. The Morgan fingerprint density at radius 3 is 2.17 bits per heavy atom. The number of halogens is 6. The first kappa shape index (κ1) is 15.1. The van der Waals surface area contributed by atoms with Gasteiger partial charge in [-0.05, 0) is 17.7 Å². The van der Waals surface area contributed by atoms with Crippen LogP contribution < -0.4 is 5.73 Å². The molecule has 0 aromatic heterocycles. The van der Waals surface area contributed by atoms with Gasteiger partial charge in [-0.15, -0.1) is 0 Å². The molecule has 1 aromatic carbocycles. The number of hydrogen-bond donors (Lipinski definition) is 2. The zero-order chi connectivity index (χ0) is 14.1. The van der Waals surface area contributed by atoms with Gasteiger partial charge in [0, 0.05) is 0 Å². The molecule has 0 amide bonds. The van der Waals surface area contributed by atoms with Gasteiger partial charge in [0.25, 0.3) is 5.92 Å². The van der Waals surface area contributed by atoms with Crippen LogP contribution in [0.5, 0.6) is 0 Å². The lowest BCUT2D eigenvalue weighted by Gasteiger charge is -2.22. The van der Waals surface area contributed by atoms with Crippen molar-refractivity contribution in [2.75, 3.05) is 6.61 Å². The second-order valence-electron chi connectivity index (χ2n) is 3.63. The summed E-state index contributed by atoms with van der Waals surface area (Å²) < 4.78 is 63.2. The van der Waals surface area contributed by atoms with E-state index in [4.69, 9.17) is 22.4 Å². The van der Waals surface area contributed by atoms with Gasteiger partial charge in [-0.2, -0.15) is 13.2 Å². The highest BCUT2D eigenvalue weighted by atomic mass is 35.5. The van der Waals surface area contributed by atoms with Gasteiger partial charge < -0.3 is 10.8 Å². The van der Waals surface area contributed by atoms with Crippen molar-refractivity contribution in [3.8, 4) is 0 Å². The van der Waals surface area contributed by atoms with Crippen LogP contribution in [0.4, 0.5) is 22.0 Å². The molecule has 102 valence electrons. The summed E-state index contributed by atoms with van der Waals surface area (Å²) >= 11 is 5.37. The third-order valence-corrected chi connectivity index (χ3v) is 2.64. The summed E-state index contributed by atoms with van der Waals surface area (Å²) in [5.74, 6) is -3.64. The van der Waals surface area contributed by atoms with Gasteiger partial charge in [0.2, 0.25) is 0 Å². The first-order valence-electron chi connectivity index (χ1n) is 4.70. The van der Waals surface area contributed by atoms with Crippen molar-refractivity contribution in [1.82, 2.24) is 0 Å². The Balaban J connectivity index is 3.13. The van der Waals surface area contributed by atoms with Crippen LogP contribution in [0, 0.1) is 0 Å². The third-order valence-electron chi connectivity index (χ3n) is 2.32. The maximum Gasteiger partial charge on any atom is 0.417 e. The predicted molar refractivity (Wildman–Crippen MR) is 55.4 cm³/mol. The van der Waals surface area contributed by atoms with Gasteiger partial charge in [-0.3, -0.25) is 0 Å². The van der Waals surface area contributed by atoms with Crippen LogP contribution in [0.15, 0.2) is 18.2 Å². The average molecular weight is 290 g/mol. The van der Waals surface area contributed by atoms with E-state index in [2.05, 4.69) is 0 Å². The molecule has 0 bridgehead atoms. The Labute approximate surface area is 104 Å². The van der Waals surface area contributed by atoms with E-state index in [-0.39, 0.29) is 5.56 Å². The zero-order valence-electron chi connectivity index (χ0n) is 8.81. The van der Waals surface area contributed by atoms with Crippen molar-refractivity contribution in [3.63, 3.8) is 0 Å². The number of benzene rings is 1. The van der Waals surface area contributed by atoms with Crippen LogP contribution in [0.25, 0.3) is 0 Å². The molecule has 2 nitrogen and oxygen atoms in total. The minimum absolute atomic E-state index is 0.285. The maximum atomic E-state index is 13.1. The molecule has 0 unspecified atom stereocenters. The molecule has 0 spiro atoms. The molecular formula is C10H9ClF5NO. The van der Waals surface area contributed by atoms with Crippen molar-refractivity contribution in [2.45, 2.75) is 18.1 Å². The highest BCUT2D eigenvalue weighted by molar-refractivity contribution is 6.31. The SMILES string of the molecule is N[C@H](c1ccc(C(F)(F)F)c(Cl)c1)C(F)(F)CO. The Bertz CT molecular complexity index is 435. The molecule has 0 aliphatic carbocycles. The second-order valence-corrected chi connectivity index (χ2v) is 4.04. The largest absolute Gasteiger partial charge is 0.417 e. The van der Waals surface area contributed by atoms with Gasteiger partial charge in [-0.1, -0.05) is 17.7 Å². The van der Waals surface area contributed by atoms with Gasteiger partial charge in [0.15, 0.2) is 0 Å². The van der Waals surface area contributed by atoms with Crippen LogP contribution in [-0.2, 0) is 6.18 Å². The summed E-state index contributed by atoms with van der Waals surface area (Å²) in [5.41, 5.74) is 3.74. The Kier molecular flexibility index (Phi) is 4.19. The highest BCUT2D eigenvalue weighted by Crippen LogP contribution is 2.37. The van der Waals surface area contributed by atoms with Gasteiger partial charge >= 0.3 is 6.18 Å². The molecule has 0 saturated carbocycles. The molecule has 1 atom stereocenters. The van der Waals surface area contributed by atoms with Crippen LogP contribution in [0.3, 0.4) is 0 Å². The molecule has 0 fully saturated rings. The highest BCUT2D eigenvalue weighted by Gasteiger charge is 2.39.